The van der Waals surface area contributed by atoms with E-state index in [2.05, 4.69) is 41.5 Å². The van der Waals surface area contributed by atoms with Crippen molar-refractivity contribution >= 4 is 49.6 Å². The van der Waals surface area contributed by atoms with Crippen LogP contribution in [0.1, 0.15) is 38.2 Å². The van der Waals surface area contributed by atoms with Crippen molar-refractivity contribution in [3.05, 3.63) is 26.6 Å². The van der Waals surface area contributed by atoms with Gasteiger partial charge in [-0.05, 0) is 68.8 Å². The molecule has 0 saturated carbocycles. The lowest BCUT2D eigenvalue weighted by Crippen LogP contribution is -2.55. The Bertz CT molecular complexity index is 874. The van der Waals surface area contributed by atoms with Gasteiger partial charge in [0.2, 0.25) is 11.8 Å². The molecule has 0 bridgehead atoms. The van der Waals surface area contributed by atoms with E-state index in [1.165, 1.54) is 7.11 Å². The minimum atomic E-state index is -0.353. The maximum absolute atomic E-state index is 13.0. The number of methoxy groups -OCH3 is 1. The predicted molar refractivity (Wildman–Crippen MR) is 135 cm³/mol. The van der Waals surface area contributed by atoms with Gasteiger partial charge < -0.3 is 19.6 Å². The fraction of sp³-hybridized carbons (Fsp3) is 0.625. The number of likely N-dealkylation sites (tertiary alicyclic amines) is 1. The van der Waals surface area contributed by atoms with Gasteiger partial charge in [-0.3, -0.25) is 19.3 Å². The first kappa shape index (κ1) is 26.9. The highest BCUT2D eigenvalue weighted by Gasteiger charge is 2.31. The van der Waals surface area contributed by atoms with Gasteiger partial charge in [-0.1, -0.05) is 6.92 Å². The normalized spacial score (nSPS) is 18.6. The van der Waals surface area contributed by atoms with Crippen molar-refractivity contribution in [2.75, 3.05) is 46.4 Å². The number of aromatic hydroxyl groups is 1. The lowest BCUT2D eigenvalue weighted by Gasteiger charge is -2.43. The highest BCUT2D eigenvalue weighted by atomic mass is 79.9. The monoisotopic (exact) mass is 601 g/mol. The van der Waals surface area contributed by atoms with Crippen LogP contribution in [0.25, 0.3) is 0 Å². The Morgan fingerprint density at radius 3 is 2.15 bits per heavy atom. The number of hydrogen-bond donors (Lipinski definition) is 1. The van der Waals surface area contributed by atoms with Crippen LogP contribution < -0.4 is 0 Å². The van der Waals surface area contributed by atoms with Crippen molar-refractivity contribution in [1.82, 2.24) is 14.7 Å². The van der Waals surface area contributed by atoms with Crippen LogP contribution in [0.5, 0.6) is 5.75 Å². The third-order valence-corrected chi connectivity index (χ3v) is 7.98. The summed E-state index contributed by atoms with van der Waals surface area (Å²) in [5.74, 6) is -0.162. The van der Waals surface area contributed by atoms with Gasteiger partial charge in [0.15, 0.2) is 0 Å². The number of phenolic OH excluding ortho intramolecular Hbond substituents is 1. The number of halogens is 2. The summed E-state index contributed by atoms with van der Waals surface area (Å²) in [5.41, 5.74) is 0.990. The number of carbonyl (C=O) groups excluding carboxylic acids is 3. The molecule has 2 aliphatic rings. The van der Waals surface area contributed by atoms with Crippen LogP contribution in [0.3, 0.4) is 0 Å². The van der Waals surface area contributed by atoms with Gasteiger partial charge in [-0.2, -0.15) is 0 Å². The van der Waals surface area contributed by atoms with Crippen molar-refractivity contribution in [1.29, 1.82) is 0 Å². The number of esters is 1. The zero-order chi connectivity index (χ0) is 24.8. The minimum Gasteiger partial charge on any atom is -0.506 e. The van der Waals surface area contributed by atoms with Gasteiger partial charge in [0.05, 0.1) is 22.5 Å². The van der Waals surface area contributed by atoms with Crippen LogP contribution in [0.4, 0.5) is 0 Å². The van der Waals surface area contributed by atoms with Gasteiger partial charge in [-0.15, -0.1) is 0 Å². The summed E-state index contributed by atoms with van der Waals surface area (Å²) in [7, 11) is 1.33. The van der Waals surface area contributed by atoms with Gasteiger partial charge in [0, 0.05) is 57.6 Å². The Labute approximate surface area is 217 Å². The standard InChI is InChI=1S/C24H33Br2N3O5/c1-16(13-17-14-19(25)23(32)20(26)15-17)24(33)29-11-9-27(10-12-29)18-5-7-28(8-6-18)21(30)3-4-22(31)34-2/h14-16,18,32H,3-13H2,1-2H3/t16-/m1/s1. The first-order chi connectivity index (χ1) is 16.2. The molecule has 8 nitrogen and oxygen atoms in total. The third-order valence-electron chi connectivity index (χ3n) is 6.77. The number of rotatable bonds is 7. The molecule has 2 heterocycles. The topological polar surface area (TPSA) is 90.4 Å². The van der Waals surface area contributed by atoms with Crippen LogP contribution in [-0.2, 0) is 25.5 Å². The van der Waals surface area contributed by atoms with Gasteiger partial charge in [-0.25, -0.2) is 0 Å². The molecule has 3 rings (SSSR count). The van der Waals surface area contributed by atoms with Crippen molar-refractivity contribution in [3.63, 3.8) is 0 Å². The molecule has 0 unspecified atom stereocenters. The summed E-state index contributed by atoms with van der Waals surface area (Å²) in [5, 5.41) is 9.90. The van der Waals surface area contributed by atoms with E-state index >= 15 is 0 Å². The number of nitrogens with zero attached hydrogens (tertiary/aromatic N) is 3. The van der Waals surface area contributed by atoms with Crippen molar-refractivity contribution in [3.8, 4) is 5.75 Å². The van der Waals surface area contributed by atoms with Gasteiger partial charge >= 0.3 is 5.97 Å². The minimum absolute atomic E-state index is 0.0148. The highest BCUT2D eigenvalue weighted by molar-refractivity contribution is 9.11. The summed E-state index contributed by atoms with van der Waals surface area (Å²) >= 11 is 6.70. The van der Waals surface area contributed by atoms with Gasteiger partial charge in [0.25, 0.3) is 0 Å². The molecule has 0 spiro atoms. The largest absolute Gasteiger partial charge is 0.506 e. The Hall–Kier alpha value is -1.65. The fourth-order valence-corrected chi connectivity index (χ4v) is 6.03. The van der Waals surface area contributed by atoms with E-state index < -0.39 is 0 Å². The van der Waals surface area contributed by atoms with Crippen LogP contribution in [-0.4, -0.2) is 90.0 Å². The maximum atomic E-state index is 13.0. The summed E-state index contributed by atoms with van der Waals surface area (Å²) in [6.45, 7) is 6.48. The number of benzene rings is 1. The first-order valence-electron chi connectivity index (χ1n) is 11.7. The number of hydrogen-bond acceptors (Lipinski definition) is 6. The molecule has 0 radical (unpaired) electrons. The molecule has 34 heavy (non-hydrogen) atoms. The van der Waals surface area contributed by atoms with Crippen LogP contribution in [0, 0.1) is 5.92 Å². The molecule has 188 valence electrons. The van der Waals surface area contributed by atoms with Crippen LogP contribution in [0.15, 0.2) is 21.1 Å². The van der Waals surface area contributed by atoms with E-state index in [4.69, 9.17) is 0 Å². The smallest absolute Gasteiger partial charge is 0.306 e. The molecule has 0 aromatic heterocycles. The number of amides is 2. The molecular weight excluding hydrogens is 570 g/mol. The summed E-state index contributed by atoms with van der Waals surface area (Å²) in [6, 6.07) is 4.13. The molecule has 2 saturated heterocycles. The van der Waals surface area contributed by atoms with Crippen molar-refractivity contribution < 1.29 is 24.2 Å². The Morgan fingerprint density at radius 2 is 1.59 bits per heavy atom. The van der Waals surface area contributed by atoms with E-state index in [1.807, 2.05) is 28.9 Å². The number of phenols is 1. The second-order valence-corrected chi connectivity index (χ2v) is 10.8. The zero-order valence-corrected chi connectivity index (χ0v) is 22.9. The second kappa shape index (κ2) is 12.4. The van der Waals surface area contributed by atoms with Crippen molar-refractivity contribution in [2.24, 2.45) is 5.92 Å². The molecule has 1 N–H and O–H groups in total. The molecule has 1 aromatic carbocycles. The number of piperazine rings is 1. The Kier molecular flexibility index (Phi) is 9.79. The zero-order valence-electron chi connectivity index (χ0n) is 19.8. The molecule has 10 heteroatoms. The van der Waals surface area contributed by atoms with Crippen LogP contribution in [0.2, 0.25) is 0 Å². The van der Waals surface area contributed by atoms with E-state index in [0.29, 0.717) is 47.6 Å². The lowest BCUT2D eigenvalue weighted by atomic mass is 9.98. The quantitative estimate of drug-likeness (QED) is 0.482. The average Bonchev–Trinajstić information content (AvgIpc) is 2.85. The average molecular weight is 603 g/mol. The third kappa shape index (κ3) is 6.95. The summed E-state index contributed by atoms with van der Waals surface area (Å²) in [6.07, 6.45) is 2.77. The molecule has 2 amide bonds. The van der Waals surface area contributed by atoms with Crippen LogP contribution >= 0.6 is 31.9 Å². The number of piperidine rings is 1. The van der Waals surface area contributed by atoms with E-state index in [0.717, 1.165) is 31.5 Å². The second-order valence-electron chi connectivity index (χ2n) is 9.06. The Balaban J connectivity index is 1.42. The van der Waals surface area contributed by atoms with E-state index in [-0.39, 0.29) is 42.3 Å². The molecule has 2 fully saturated rings. The maximum Gasteiger partial charge on any atom is 0.306 e. The molecule has 1 aromatic rings. The van der Waals surface area contributed by atoms with E-state index in [9.17, 15) is 19.5 Å². The number of ether oxygens (including phenoxy) is 1. The molecule has 1 atom stereocenters. The lowest BCUT2D eigenvalue weighted by molar-refractivity contribution is -0.144. The summed E-state index contributed by atoms with van der Waals surface area (Å²) in [4.78, 5) is 42.9. The van der Waals surface area contributed by atoms with Crippen molar-refractivity contribution in [2.45, 2.75) is 45.1 Å². The Morgan fingerprint density at radius 1 is 1.00 bits per heavy atom. The van der Waals surface area contributed by atoms with Gasteiger partial charge in [0.1, 0.15) is 5.75 Å². The molecule has 0 aliphatic carbocycles. The molecule has 2 aliphatic heterocycles. The highest BCUT2D eigenvalue weighted by Crippen LogP contribution is 2.34. The first-order valence-corrected chi connectivity index (χ1v) is 13.3. The fourth-order valence-electron chi connectivity index (χ4n) is 4.75. The number of carbonyl (C=O) groups is 3. The SMILES string of the molecule is COC(=O)CCC(=O)N1CCC(N2CCN(C(=O)[C@H](C)Cc3cc(Br)c(O)c(Br)c3)CC2)CC1. The van der Waals surface area contributed by atoms with E-state index in [1.54, 1.807) is 0 Å². The molecular formula is C24H33Br2N3O5. The summed E-state index contributed by atoms with van der Waals surface area (Å²) < 4.78 is 5.84. The predicted octanol–water partition coefficient (Wildman–Crippen LogP) is 3.18.